The van der Waals surface area contributed by atoms with Crippen LogP contribution < -0.4 is 10.1 Å². The third kappa shape index (κ3) is 3.34. The summed E-state index contributed by atoms with van der Waals surface area (Å²) in [5, 5.41) is 12.2. The zero-order valence-electron chi connectivity index (χ0n) is 10.5. The number of ether oxygens (including phenoxy) is 1. The number of nitriles is 1. The van der Waals surface area contributed by atoms with Crippen LogP contribution in [0.3, 0.4) is 0 Å². The molecule has 0 aliphatic carbocycles. The van der Waals surface area contributed by atoms with E-state index < -0.39 is 0 Å². The molecule has 19 heavy (non-hydrogen) atoms. The van der Waals surface area contributed by atoms with Gasteiger partial charge >= 0.3 is 0 Å². The maximum atomic E-state index is 9.12. The molecular weight excluding hydrogens is 304 g/mol. The van der Waals surface area contributed by atoms with Crippen molar-refractivity contribution in [3.63, 3.8) is 0 Å². The zero-order valence-corrected chi connectivity index (χ0v) is 12.1. The highest BCUT2D eigenvalue weighted by molar-refractivity contribution is 9.10. The lowest BCUT2D eigenvalue weighted by Gasteiger charge is -2.09. The third-order valence-corrected chi connectivity index (χ3v) is 3.28. The lowest BCUT2D eigenvalue weighted by atomic mass is 10.2. The van der Waals surface area contributed by atoms with Crippen molar-refractivity contribution in [2.24, 2.45) is 0 Å². The van der Waals surface area contributed by atoms with Crippen molar-refractivity contribution >= 4 is 15.9 Å². The highest BCUT2D eigenvalue weighted by Gasteiger charge is 2.08. The Balaban J connectivity index is 2.22. The molecule has 0 bridgehead atoms. The first kappa shape index (κ1) is 13.6. The van der Waals surface area contributed by atoms with Gasteiger partial charge in [0.15, 0.2) is 0 Å². The largest absolute Gasteiger partial charge is 0.456 e. The van der Waals surface area contributed by atoms with Crippen LogP contribution >= 0.6 is 15.9 Å². The maximum Gasteiger partial charge on any atom is 0.146 e. The third-order valence-electron chi connectivity index (χ3n) is 2.62. The van der Waals surface area contributed by atoms with Gasteiger partial charge in [-0.2, -0.15) is 5.26 Å². The van der Waals surface area contributed by atoms with Crippen LogP contribution in [0.4, 0.5) is 0 Å². The van der Waals surface area contributed by atoms with Crippen LogP contribution in [0.2, 0.25) is 0 Å². The van der Waals surface area contributed by atoms with Gasteiger partial charge in [0, 0.05) is 11.0 Å². The van der Waals surface area contributed by atoms with Crippen molar-refractivity contribution in [2.75, 3.05) is 7.05 Å². The van der Waals surface area contributed by atoms with Crippen molar-refractivity contribution in [2.45, 2.75) is 6.54 Å². The predicted molar refractivity (Wildman–Crippen MR) is 78.1 cm³/mol. The second-order valence-electron chi connectivity index (χ2n) is 4.00. The molecule has 1 N–H and O–H groups in total. The summed E-state index contributed by atoms with van der Waals surface area (Å²) in [6.07, 6.45) is 0. The van der Waals surface area contributed by atoms with Gasteiger partial charge in [0.25, 0.3) is 0 Å². The SMILES string of the molecule is CNCc1ccc(Oc2cccc(Br)c2C#N)cc1. The Hall–Kier alpha value is -1.83. The Kier molecular flexibility index (Phi) is 4.56. The highest BCUT2D eigenvalue weighted by atomic mass is 79.9. The van der Waals surface area contributed by atoms with Crippen LogP contribution in [0.5, 0.6) is 11.5 Å². The van der Waals surface area contributed by atoms with Gasteiger partial charge in [0.05, 0.1) is 0 Å². The molecule has 4 heteroatoms. The molecule has 0 saturated carbocycles. The van der Waals surface area contributed by atoms with Crippen LogP contribution in [0, 0.1) is 11.3 Å². The minimum atomic E-state index is 0.502. The zero-order chi connectivity index (χ0) is 13.7. The van der Waals surface area contributed by atoms with Crippen LogP contribution in [0.1, 0.15) is 11.1 Å². The molecule has 0 aliphatic heterocycles. The van der Waals surface area contributed by atoms with E-state index >= 15 is 0 Å². The lowest BCUT2D eigenvalue weighted by molar-refractivity contribution is 0.480. The van der Waals surface area contributed by atoms with Gasteiger partial charge in [-0.25, -0.2) is 0 Å². The van der Waals surface area contributed by atoms with Crippen molar-refractivity contribution in [3.8, 4) is 17.6 Å². The summed E-state index contributed by atoms with van der Waals surface area (Å²) in [5.74, 6) is 1.27. The van der Waals surface area contributed by atoms with E-state index in [1.54, 1.807) is 6.07 Å². The number of hydrogen-bond donors (Lipinski definition) is 1. The topological polar surface area (TPSA) is 45.0 Å². The number of rotatable bonds is 4. The van der Waals surface area contributed by atoms with Crippen LogP contribution in [0.25, 0.3) is 0 Å². The van der Waals surface area contributed by atoms with Gasteiger partial charge in [-0.05, 0) is 52.8 Å². The Morgan fingerprint density at radius 3 is 2.58 bits per heavy atom. The first-order valence-electron chi connectivity index (χ1n) is 5.84. The minimum Gasteiger partial charge on any atom is -0.456 e. The normalized spacial score (nSPS) is 9.95. The molecule has 0 atom stereocenters. The number of halogens is 1. The Morgan fingerprint density at radius 1 is 1.21 bits per heavy atom. The molecule has 3 nitrogen and oxygen atoms in total. The number of nitrogens with one attached hydrogen (secondary N) is 1. The molecule has 0 aromatic heterocycles. The van der Waals surface area contributed by atoms with E-state index in [0.717, 1.165) is 16.8 Å². The van der Waals surface area contributed by atoms with Crippen molar-refractivity contribution in [1.82, 2.24) is 5.32 Å². The number of benzene rings is 2. The van der Waals surface area contributed by atoms with Gasteiger partial charge in [0.2, 0.25) is 0 Å². The van der Waals surface area contributed by atoms with Crippen LogP contribution in [-0.4, -0.2) is 7.05 Å². The summed E-state index contributed by atoms with van der Waals surface area (Å²) < 4.78 is 6.48. The molecule has 0 radical (unpaired) electrons. The molecule has 2 aromatic rings. The average Bonchev–Trinajstić information content (AvgIpc) is 2.42. The Bertz CT molecular complexity index is 603. The lowest BCUT2D eigenvalue weighted by Crippen LogP contribution is -2.04. The summed E-state index contributed by atoms with van der Waals surface area (Å²) in [4.78, 5) is 0. The Labute approximate surface area is 121 Å². The first-order chi connectivity index (χ1) is 9.24. The van der Waals surface area contributed by atoms with E-state index in [4.69, 9.17) is 10.00 Å². The average molecular weight is 317 g/mol. The number of nitrogens with zero attached hydrogens (tertiary/aromatic N) is 1. The second-order valence-corrected chi connectivity index (χ2v) is 4.86. The number of hydrogen-bond acceptors (Lipinski definition) is 3. The van der Waals surface area contributed by atoms with Crippen molar-refractivity contribution in [3.05, 3.63) is 58.1 Å². The highest BCUT2D eigenvalue weighted by Crippen LogP contribution is 2.29. The summed E-state index contributed by atoms with van der Waals surface area (Å²) in [5.41, 5.74) is 1.69. The molecule has 0 fully saturated rings. The van der Waals surface area contributed by atoms with Crippen LogP contribution in [-0.2, 0) is 6.54 Å². The van der Waals surface area contributed by atoms with Gasteiger partial charge in [-0.15, -0.1) is 0 Å². The molecular formula is C15H13BrN2O. The van der Waals surface area contributed by atoms with Gasteiger partial charge < -0.3 is 10.1 Å². The van der Waals surface area contributed by atoms with Gasteiger partial charge in [-0.1, -0.05) is 18.2 Å². The molecule has 0 aliphatic rings. The quantitative estimate of drug-likeness (QED) is 0.932. The second kappa shape index (κ2) is 6.37. The summed E-state index contributed by atoms with van der Waals surface area (Å²) >= 11 is 3.34. The van der Waals surface area contributed by atoms with Gasteiger partial charge in [-0.3, -0.25) is 0 Å². The molecule has 0 saturated heterocycles. The fraction of sp³-hybridized carbons (Fsp3) is 0.133. The van der Waals surface area contributed by atoms with E-state index in [9.17, 15) is 0 Å². The predicted octanol–water partition coefficient (Wildman–Crippen LogP) is 3.83. The van der Waals surface area contributed by atoms with E-state index in [1.165, 1.54) is 5.56 Å². The summed E-state index contributed by atoms with van der Waals surface area (Å²) in [6, 6.07) is 15.4. The van der Waals surface area contributed by atoms with Crippen LogP contribution in [0.15, 0.2) is 46.9 Å². The molecule has 0 amide bonds. The minimum absolute atomic E-state index is 0.502. The molecule has 0 heterocycles. The fourth-order valence-corrected chi connectivity index (χ4v) is 2.14. The first-order valence-corrected chi connectivity index (χ1v) is 6.64. The Morgan fingerprint density at radius 2 is 1.95 bits per heavy atom. The van der Waals surface area contributed by atoms with E-state index in [-0.39, 0.29) is 0 Å². The standard InChI is InChI=1S/C15H13BrN2O/c1-18-10-11-5-7-12(8-6-11)19-15-4-2-3-14(16)13(15)9-17/h2-8,18H,10H2,1H3. The van der Waals surface area contributed by atoms with Gasteiger partial charge in [0.1, 0.15) is 23.1 Å². The smallest absolute Gasteiger partial charge is 0.146 e. The summed E-state index contributed by atoms with van der Waals surface area (Å²) in [6.45, 7) is 0.820. The van der Waals surface area contributed by atoms with E-state index in [1.807, 2.05) is 43.4 Å². The fourth-order valence-electron chi connectivity index (χ4n) is 1.70. The molecule has 96 valence electrons. The van der Waals surface area contributed by atoms with E-state index in [2.05, 4.69) is 27.3 Å². The van der Waals surface area contributed by atoms with E-state index in [0.29, 0.717) is 11.3 Å². The molecule has 2 aromatic carbocycles. The molecule has 0 spiro atoms. The van der Waals surface area contributed by atoms with Crippen molar-refractivity contribution < 1.29 is 4.74 Å². The molecule has 2 rings (SSSR count). The maximum absolute atomic E-state index is 9.12. The monoisotopic (exact) mass is 316 g/mol. The molecule has 0 unspecified atom stereocenters. The van der Waals surface area contributed by atoms with Crippen molar-refractivity contribution in [1.29, 1.82) is 5.26 Å². The summed E-state index contributed by atoms with van der Waals surface area (Å²) in [7, 11) is 1.91.